The van der Waals surface area contributed by atoms with E-state index in [1.807, 2.05) is 19.1 Å². The molecule has 3 heteroatoms. The fourth-order valence-electron chi connectivity index (χ4n) is 2.70. The fourth-order valence-corrected chi connectivity index (χ4v) is 2.70. The highest BCUT2D eigenvalue weighted by Crippen LogP contribution is 2.29. The lowest BCUT2D eigenvalue weighted by Crippen LogP contribution is -2.23. The second-order valence-electron chi connectivity index (χ2n) is 5.23. The van der Waals surface area contributed by atoms with Gasteiger partial charge in [0.1, 0.15) is 0 Å². The van der Waals surface area contributed by atoms with Gasteiger partial charge in [-0.3, -0.25) is 4.79 Å². The van der Waals surface area contributed by atoms with Gasteiger partial charge in [0.15, 0.2) is 5.78 Å². The Bertz CT molecular complexity index is 448. The average Bonchev–Trinajstić information content (AvgIpc) is 2.36. The van der Waals surface area contributed by atoms with Crippen molar-refractivity contribution < 1.29 is 4.79 Å². The second-order valence-corrected chi connectivity index (χ2v) is 5.23. The predicted octanol–water partition coefficient (Wildman–Crippen LogP) is 3.52. The summed E-state index contributed by atoms with van der Waals surface area (Å²) in [5.74, 6) is 0.0726. The standard InChI is InChI=1S/C15H22N2O/c1-10-13(11(2)18)8-9-14(15(10)16)17-12-6-4-3-5-7-12/h8-9,12,17H,3-7,16H2,1-2H3. The normalized spacial score (nSPS) is 16.6. The van der Waals surface area contributed by atoms with Gasteiger partial charge in [0.25, 0.3) is 0 Å². The van der Waals surface area contributed by atoms with Crippen LogP contribution in [0.1, 0.15) is 54.9 Å². The first kappa shape index (κ1) is 12.9. The molecule has 1 saturated carbocycles. The van der Waals surface area contributed by atoms with Crippen LogP contribution in [0.4, 0.5) is 11.4 Å². The van der Waals surface area contributed by atoms with Gasteiger partial charge in [-0.15, -0.1) is 0 Å². The van der Waals surface area contributed by atoms with E-state index in [-0.39, 0.29) is 5.78 Å². The van der Waals surface area contributed by atoms with Crippen LogP contribution in [0.5, 0.6) is 0 Å². The third-order valence-electron chi connectivity index (χ3n) is 3.86. The molecule has 3 N–H and O–H groups in total. The van der Waals surface area contributed by atoms with E-state index in [0.717, 1.165) is 16.8 Å². The Morgan fingerprint density at radius 1 is 1.28 bits per heavy atom. The van der Waals surface area contributed by atoms with Gasteiger partial charge in [-0.25, -0.2) is 0 Å². The lowest BCUT2D eigenvalue weighted by molar-refractivity contribution is 0.101. The third-order valence-corrected chi connectivity index (χ3v) is 3.86. The number of carbonyl (C=O) groups is 1. The molecule has 0 atom stereocenters. The van der Waals surface area contributed by atoms with Crippen LogP contribution in [0.2, 0.25) is 0 Å². The maximum atomic E-state index is 11.4. The molecular weight excluding hydrogens is 224 g/mol. The minimum absolute atomic E-state index is 0.0726. The van der Waals surface area contributed by atoms with Crippen LogP contribution < -0.4 is 11.1 Å². The highest BCUT2D eigenvalue weighted by molar-refractivity contribution is 5.98. The van der Waals surface area contributed by atoms with Crippen LogP contribution in [0, 0.1) is 6.92 Å². The van der Waals surface area contributed by atoms with Crippen LogP contribution >= 0.6 is 0 Å². The number of carbonyl (C=O) groups excluding carboxylic acids is 1. The van der Waals surface area contributed by atoms with E-state index >= 15 is 0 Å². The first-order valence-corrected chi connectivity index (χ1v) is 6.76. The molecule has 1 aromatic carbocycles. The molecular formula is C15H22N2O. The zero-order valence-corrected chi connectivity index (χ0v) is 11.3. The lowest BCUT2D eigenvalue weighted by Gasteiger charge is -2.25. The van der Waals surface area contributed by atoms with Gasteiger partial charge in [-0.05, 0) is 44.4 Å². The summed E-state index contributed by atoms with van der Waals surface area (Å²) in [6.45, 7) is 3.49. The van der Waals surface area contributed by atoms with Gasteiger partial charge >= 0.3 is 0 Å². The van der Waals surface area contributed by atoms with Crippen molar-refractivity contribution in [2.45, 2.75) is 52.0 Å². The molecule has 2 rings (SSSR count). The number of nitrogen functional groups attached to an aromatic ring is 1. The molecule has 1 fully saturated rings. The second kappa shape index (κ2) is 5.42. The molecule has 0 aromatic heterocycles. The van der Waals surface area contributed by atoms with Gasteiger partial charge in [0.05, 0.1) is 11.4 Å². The quantitative estimate of drug-likeness (QED) is 0.633. The molecule has 98 valence electrons. The van der Waals surface area contributed by atoms with Crippen LogP contribution in [0.25, 0.3) is 0 Å². The van der Waals surface area contributed by atoms with E-state index < -0.39 is 0 Å². The van der Waals surface area contributed by atoms with Gasteiger partial charge in [0, 0.05) is 11.6 Å². The zero-order valence-electron chi connectivity index (χ0n) is 11.3. The topological polar surface area (TPSA) is 55.1 Å². The highest BCUT2D eigenvalue weighted by Gasteiger charge is 2.16. The zero-order chi connectivity index (χ0) is 13.1. The molecule has 3 nitrogen and oxygen atoms in total. The number of nitrogens with two attached hydrogens (primary N) is 1. The summed E-state index contributed by atoms with van der Waals surface area (Å²) in [6, 6.07) is 4.34. The van der Waals surface area contributed by atoms with Crippen molar-refractivity contribution in [2.75, 3.05) is 11.1 Å². The summed E-state index contributed by atoms with van der Waals surface area (Å²) < 4.78 is 0. The summed E-state index contributed by atoms with van der Waals surface area (Å²) in [7, 11) is 0. The van der Waals surface area contributed by atoms with Crippen molar-refractivity contribution in [3.8, 4) is 0 Å². The van der Waals surface area contributed by atoms with E-state index in [1.54, 1.807) is 6.92 Å². The minimum Gasteiger partial charge on any atom is -0.397 e. The van der Waals surface area contributed by atoms with E-state index in [9.17, 15) is 4.79 Å². The first-order valence-electron chi connectivity index (χ1n) is 6.76. The molecule has 1 aromatic rings. The molecule has 1 aliphatic carbocycles. The number of ketones is 1. The fraction of sp³-hybridized carbons (Fsp3) is 0.533. The van der Waals surface area contributed by atoms with Crippen molar-refractivity contribution >= 4 is 17.2 Å². The Hall–Kier alpha value is -1.51. The average molecular weight is 246 g/mol. The number of benzene rings is 1. The van der Waals surface area contributed by atoms with E-state index in [1.165, 1.54) is 32.1 Å². The number of nitrogens with one attached hydrogen (secondary N) is 1. The Morgan fingerprint density at radius 2 is 1.94 bits per heavy atom. The molecule has 0 radical (unpaired) electrons. The molecule has 0 amide bonds. The smallest absolute Gasteiger partial charge is 0.160 e. The van der Waals surface area contributed by atoms with Gasteiger partial charge < -0.3 is 11.1 Å². The summed E-state index contributed by atoms with van der Waals surface area (Å²) in [5, 5.41) is 3.52. The molecule has 0 aliphatic heterocycles. The number of anilines is 2. The Morgan fingerprint density at radius 3 is 2.56 bits per heavy atom. The summed E-state index contributed by atoms with van der Waals surface area (Å²) in [5.41, 5.74) is 9.43. The molecule has 0 heterocycles. The third kappa shape index (κ3) is 2.66. The summed E-state index contributed by atoms with van der Waals surface area (Å²) >= 11 is 0. The van der Waals surface area contributed by atoms with Crippen molar-refractivity contribution in [1.29, 1.82) is 0 Å². The number of Topliss-reactive ketones (excluding diaryl/α,β-unsaturated/α-hetero) is 1. The highest BCUT2D eigenvalue weighted by atomic mass is 16.1. The van der Waals surface area contributed by atoms with Crippen molar-refractivity contribution in [3.05, 3.63) is 23.3 Å². The largest absolute Gasteiger partial charge is 0.397 e. The summed E-state index contributed by atoms with van der Waals surface area (Å²) in [4.78, 5) is 11.4. The maximum absolute atomic E-state index is 11.4. The molecule has 0 saturated heterocycles. The van der Waals surface area contributed by atoms with Crippen LogP contribution in [-0.4, -0.2) is 11.8 Å². The van der Waals surface area contributed by atoms with Crippen LogP contribution in [-0.2, 0) is 0 Å². The van der Waals surface area contributed by atoms with Gasteiger partial charge in [0.2, 0.25) is 0 Å². The molecule has 1 aliphatic rings. The van der Waals surface area contributed by atoms with Gasteiger partial charge in [-0.2, -0.15) is 0 Å². The maximum Gasteiger partial charge on any atom is 0.160 e. The molecule has 0 unspecified atom stereocenters. The van der Waals surface area contributed by atoms with Crippen molar-refractivity contribution in [2.24, 2.45) is 0 Å². The van der Waals surface area contributed by atoms with Gasteiger partial charge in [-0.1, -0.05) is 19.3 Å². The van der Waals surface area contributed by atoms with E-state index in [4.69, 9.17) is 5.73 Å². The predicted molar refractivity (Wildman–Crippen MR) is 76.1 cm³/mol. The molecule has 0 spiro atoms. The Balaban J connectivity index is 2.18. The summed E-state index contributed by atoms with van der Waals surface area (Å²) in [6.07, 6.45) is 6.36. The van der Waals surface area contributed by atoms with E-state index in [0.29, 0.717) is 11.7 Å². The van der Waals surface area contributed by atoms with E-state index in [2.05, 4.69) is 5.32 Å². The van der Waals surface area contributed by atoms with Crippen LogP contribution in [0.15, 0.2) is 12.1 Å². The monoisotopic (exact) mass is 246 g/mol. The SMILES string of the molecule is CC(=O)c1ccc(NC2CCCCC2)c(N)c1C. The number of hydrogen-bond donors (Lipinski definition) is 2. The van der Waals surface area contributed by atoms with Crippen molar-refractivity contribution in [1.82, 2.24) is 0 Å². The van der Waals surface area contributed by atoms with Crippen LogP contribution in [0.3, 0.4) is 0 Å². The lowest BCUT2D eigenvalue weighted by atomic mass is 9.94. The Kier molecular flexibility index (Phi) is 3.90. The first-order chi connectivity index (χ1) is 8.59. The number of hydrogen-bond acceptors (Lipinski definition) is 3. The Labute approximate surface area is 109 Å². The van der Waals surface area contributed by atoms with Crippen molar-refractivity contribution in [3.63, 3.8) is 0 Å². The minimum atomic E-state index is 0.0726. The number of rotatable bonds is 3. The molecule has 18 heavy (non-hydrogen) atoms. The molecule has 0 bridgehead atoms.